The van der Waals surface area contributed by atoms with Gasteiger partial charge in [-0.05, 0) is 60.4 Å². The fourth-order valence-corrected chi connectivity index (χ4v) is 3.68. The number of rotatable bonds is 7. The minimum Gasteiger partial charge on any atom is -0.430 e. The molecule has 6 heteroatoms. The number of nitrogens with one attached hydrogen (secondary N) is 1. The lowest BCUT2D eigenvalue weighted by Gasteiger charge is -2.08. The van der Waals surface area contributed by atoms with Crippen molar-refractivity contribution in [3.05, 3.63) is 101 Å². The van der Waals surface area contributed by atoms with E-state index in [2.05, 4.69) is 33.7 Å². The van der Waals surface area contributed by atoms with Crippen LogP contribution >= 0.6 is 11.5 Å². The molecule has 3 aromatic carbocycles. The lowest BCUT2D eigenvalue weighted by molar-refractivity contribution is -0.115. The number of amides is 1. The molecule has 1 amide bonds. The van der Waals surface area contributed by atoms with Crippen LogP contribution in [0.2, 0.25) is 0 Å². The van der Waals surface area contributed by atoms with Gasteiger partial charge in [0.15, 0.2) is 5.82 Å². The van der Waals surface area contributed by atoms with Gasteiger partial charge in [0, 0.05) is 23.6 Å². The molecule has 0 bridgehead atoms. The highest BCUT2D eigenvalue weighted by Gasteiger charge is 2.09. The van der Waals surface area contributed by atoms with Crippen molar-refractivity contribution >= 4 is 23.1 Å². The summed E-state index contributed by atoms with van der Waals surface area (Å²) in [6.07, 6.45) is 0.975. The summed E-state index contributed by atoms with van der Waals surface area (Å²) in [6, 6.07) is 23.5. The Morgan fingerprint density at radius 3 is 2.45 bits per heavy atom. The molecule has 0 saturated carbocycles. The molecule has 1 aromatic heterocycles. The number of aromatic nitrogens is 2. The number of nitrogens with zero attached hydrogens (tertiary/aromatic N) is 2. The second-order valence-electron chi connectivity index (χ2n) is 7.41. The van der Waals surface area contributed by atoms with Gasteiger partial charge in [0.25, 0.3) is 5.19 Å². The first-order valence-electron chi connectivity index (χ1n) is 10.1. The van der Waals surface area contributed by atoms with Gasteiger partial charge in [-0.25, -0.2) is 0 Å². The summed E-state index contributed by atoms with van der Waals surface area (Å²) in [7, 11) is 0. The van der Waals surface area contributed by atoms with Gasteiger partial charge in [-0.2, -0.15) is 9.36 Å². The number of ether oxygens (including phenoxy) is 1. The van der Waals surface area contributed by atoms with Gasteiger partial charge < -0.3 is 10.1 Å². The molecule has 5 nitrogen and oxygen atoms in total. The van der Waals surface area contributed by atoms with Crippen molar-refractivity contribution in [2.24, 2.45) is 0 Å². The Hall–Kier alpha value is -3.51. The smallest absolute Gasteiger partial charge is 0.298 e. The zero-order valence-electron chi connectivity index (χ0n) is 17.5. The first-order chi connectivity index (χ1) is 15.0. The van der Waals surface area contributed by atoms with Crippen molar-refractivity contribution < 1.29 is 9.53 Å². The lowest BCUT2D eigenvalue weighted by Crippen LogP contribution is -2.14. The Labute approximate surface area is 185 Å². The number of carbonyl (C=O) groups is 1. The van der Waals surface area contributed by atoms with Crippen molar-refractivity contribution in [2.45, 2.75) is 26.7 Å². The van der Waals surface area contributed by atoms with Gasteiger partial charge in [-0.3, -0.25) is 4.79 Å². The first-order valence-corrected chi connectivity index (χ1v) is 10.8. The van der Waals surface area contributed by atoms with E-state index in [1.165, 1.54) is 17.1 Å². The second-order valence-corrected chi connectivity index (χ2v) is 8.12. The molecule has 4 aromatic rings. The summed E-state index contributed by atoms with van der Waals surface area (Å²) in [5.41, 5.74) is 5.25. The standard InChI is InChI=1S/C25H23N3O2S/c1-17-8-11-21(14-18(17)2)26-24(29)16-20-9-12-22(13-10-20)30-25-27-23(28-31-25)15-19-6-4-3-5-7-19/h3-14H,15-16H2,1-2H3,(H,26,29). The third-order valence-electron chi connectivity index (χ3n) is 4.94. The zero-order chi connectivity index (χ0) is 21.6. The predicted molar refractivity (Wildman–Crippen MR) is 124 cm³/mol. The van der Waals surface area contributed by atoms with Crippen LogP contribution in [-0.4, -0.2) is 15.3 Å². The van der Waals surface area contributed by atoms with Gasteiger partial charge in [0.2, 0.25) is 5.91 Å². The highest BCUT2D eigenvalue weighted by atomic mass is 32.1. The number of carbonyl (C=O) groups excluding carboxylic acids is 1. The van der Waals surface area contributed by atoms with Crippen molar-refractivity contribution in [3.63, 3.8) is 0 Å². The number of anilines is 1. The number of benzene rings is 3. The number of hydrogen-bond donors (Lipinski definition) is 1. The Bertz CT molecular complexity index is 1170. The van der Waals surface area contributed by atoms with Crippen LogP contribution in [-0.2, 0) is 17.6 Å². The highest BCUT2D eigenvalue weighted by Crippen LogP contribution is 2.24. The topological polar surface area (TPSA) is 64.1 Å². The maximum absolute atomic E-state index is 12.3. The third-order valence-corrected chi connectivity index (χ3v) is 5.57. The average molecular weight is 430 g/mol. The van der Waals surface area contributed by atoms with Crippen LogP contribution in [0, 0.1) is 13.8 Å². The van der Waals surface area contributed by atoms with Gasteiger partial charge in [0.1, 0.15) is 5.75 Å². The Morgan fingerprint density at radius 2 is 1.71 bits per heavy atom. The quantitative estimate of drug-likeness (QED) is 0.408. The molecular formula is C25H23N3O2S. The molecule has 31 heavy (non-hydrogen) atoms. The molecule has 0 aliphatic heterocycles. The van der Waals surface area contributed by atoms with Crippen LogP contribution in [0.4, 0.5) is 5.69 Å². The summed E-state index contributed by atoms with van der Waals surface area (Å²) < 4.78 is 10.2. The Kier molecular flexibility index (Phi) is 6.38. The van der Waals surface area contributed by atoms with Crippen LogP contribution in [0.25, 0.3) is 0 Å². The molecule has 4 rings (SSSR count). The van der Waals surface area contributed by atoms with Crippen LogP contribution < -0.4 is 10.1 Å². The van der Waals surface area contributed by atoms with Crippen molar-refractivity contribution in [3.8, 4) is 10.9 Å². The molecule has 0 spiro atoms. The molecule has 0 aliphatic rings. The summed E-state index contributed by atoms with van der Waals surface area (Å²) in [6.45, 7) is 4.09. The molecule has 0 atom stereocenters. The number of hydrogen-bond acceptors (Lipinski definition) is 5. The lowest BCUT2D eigenvalue weighted by atomic mass is 10.1. The monoisotopic (exact) mass is 429 g/mol. The van der Waals surface area contributed by atoms with Gasteiger partial charge in [-0.1, -0.05) is 48.5 Å². The van der Waals surface area contributed by atoms with Crippen LogP contribution in [0.3, 0.4) is 0 Å². The molecule has 0 saturated heterocycles. The summed E-state index contributed by atoms with van der Waals surface area (Å²) in [5.74, 6) is 1.36. The minimum absolute atomic E-state index is 0.0494. The predicted octanol–water partition coefficient (Wildman–Crippen LogP) is 5.72. The summed E-state index contributed by atoms with van der Waals surface area (Å²) in [4.78, 5) is 16.8. The molecule has 0 aliphatic carbocycles. The van der Waals surface area contributed by atoms with Crippen molar-refractivity contribution in [1.82, 2.24) is 9.36 Å². The molecule has 0 radical (unpaired) electrons. The van der Waals surface area contributed by atoms with Crippen molar-refractivity contribution in [2.75, 3.05) is 5.32 Å². The summed E-state index contributed by atoms with van der Waals surface area (Å²) >= 11 is 1.23. The van der Waals surface area contributed by atoms with Crippen LogP contribution in [0.1, 0.15) is 28.1 Å². The van der Waals surface area contributed by atoms with E-state index >= 15 is 0 Å². The van der Waals surface area contributed by atoms with E-state index in [9.17, 15) is 4.79 Å². The van der Waals surface area contributed by atoms with E-state index in [4.69, 9.17) is 4.74 Å². The Morgan fingerprint density at radius 1 is 0.935 bits per heavy atom. The molecular weight excluding hydrogens is 406 g/mol. The van der Waals surface area contributed by atoms with Gasteiger partial charge >= 0.3 is 0 Å². The Balaban J connectivity index is 1.32. The van der Waals surface area contributed by atoms with E-state index in [-0.39, 0.29) is 5.91 Å². The normalized spacial score (nSPS) is 10.6. The van der Waals surface area contributed by atoms with Crippen LogP contribution in [0.5, 0.6) is 10.9 Å². The second kappa shape index (κ2) is 9.53. The molecule has 156 valence electrons. The summed E-state index contributed by atoms with van der Waals surface area (Å²) in [5, 5.41) is 3.45. The molecule has 0 fully saturated rings. The minimum atomic E-state index is -0.0494. The maximum atomic E-state index is 12.3. The largest absolute Gasteiger partial charge is 0.430 e. The van der Waals surface area contributed by atoms with E-state index in [1.54, 1.807) is 0 Å². The van der Waals surface area contributed by atoms with Crippen LogP contribution in [0.15, 0.2) is 72.8 Å². The first kappa shape index (κ1) is 20.8. The molecule has 0 unspecified atom stereocenters. The number of aryl methyl sites for hydroxylation is 2. The van der Waals surface area contributed by atoms with Crippen molar-refractivity contribution in [1.29, 1.82) is 0 Å². The highest BCUT2D eigenvalue weighted by molar-refractivity contribution is 7.07. The van der Waals surface area contributed by atoms with E-state index in [1.807, 2.05) is 67.6 Å². The van der Waals surface area contributed by atoms with Gasteiger partial charge in [0.05, 0.1) is 6.42 Å². The maximum Gasteiger partial charge on any atom is 0.298 e. The fraction of sp³-hybridized carbons (Fsp3) is 0.160. The van der Waals surface area contributed by atoms with E-state index in [0.29, 0.717) is 23.8 Å². The van der Waals surface area contributed by atoms with Gasteiger partial charge in [-0.15, -0.1) is 0 Å². The zero-order valence-corrected chi connectivity index (χ0v) is 18.3. The average Bonchev–Trinajstić information content (AvgIpc) is 3.19. The molecule has 1 heterocycles. The fourth-order valence-electron chi connectivity index (χ4n) is 3.12. The SMILES string of the molecule is Cc1ccc(NC(=O)Cc2ccc(Oc3nc(Cc4ccccc4)ns3)cc2)cc1C. The molecule has 1 N–H and O–H groups in total. The third kappa shape index (κ3) is 5.77. The van der Waals surface area contributed by atoms with E-state index < -0.39 is 0 Å². The van der Waals surface area contributed by atoms with E-state index in [0.717, 1.165) is 28.2 Å².